The summed E-state index contributed by atoms with van der Waals surface area (Å²) in [5.74, 6) is 1.24. The zero-order chi connectivity index (χ0) is 14.0. The largest absolute Gasteiger partial charge is 0.484 e. The van der Waals surface area contributed by atoms with E-state index >= 15 is 0 Å². The molecule has 3 nitrogen and oxygen atoms in total. The summed E-state index contributed by atoms with van der Waals surface area (Å²) in [4.78, 5) is 0. The average molecular weight is 349 g/mol. The van der Waals surface area contributed by atoms with Crippen LogP contribution >= 0.6 is 27.5 Å². The molecule has 1 aromatic carbocycles. The van der Waals surface area contributed by atoms with Crippen LogP contribution in [-0.2, 0) is 13.2 Å². The minimum Gasteiger partial charge on any atom is -0.484 e. The van der Waals surface area contributed by atoms with Gasteiger partial charge in [-0.1, -0.05) is 11.6 Å². The fraction of sp³-hybridized carbons (Fsp3) is 0.231. The fourth-order valence-electron chi connectivity index (χ4n) is 1.63. The molecule has 2 rings (SSSR count). The fourth-order valence-corrected chi connectivity index (χ4v) is 2.38. The van der Waals surface area contributed by atoms with Crippen molar-refractivity contribution in [3.63, 3.8) is 0 Å². The molecule has 102 valence electrons. The third kappa shape index (κ3) is 3.29. The normalized spacial score (nSPS) is 10.8. The summed E-state index contributed by atoms with van der Waals surface area (Å²) in [6.07, 6.45) is 0. The van der Waals surface area contributed by atoms with Crippen molar-refractivity contribution >= 4 is 27.5 Å². The van der Waals surface area contributed by atoms with E-state index < -0.39 is 5.82 Å². The first-order chi connectivity index (χ1) is 9.01. The molecule has 0 fully saturated rings. The van der Waals surface area contributed by atoms with Gasteiger partial charge < -0.3 is 14.9 Å². The number of aryl methyl sites for hydroxylation is 1. The maximum absolute atomic E-state index is 13.3. The van der Waals surface area contributed by atoms with Crippen LogP contribution in [0.3, 0.4) is 0 Å². The van der Waals surface area contributed by atoms with E-state index in [1.54, 1.807) is 0 Å². The summed E-state index contributed by atoms with van der Waals surface area (Å²) in [6.45, 7) is 2.44. The van der Waals surface area contributed by atoms with Crippen LogP contribution in [0, 0.1) is 12.7 Å². The first-order valence-electron chi connectivity index (χ1n) is 5.57. The quantitative estimate of drug-likeness (QED) is 0.843. The highest BCUT2D eigenvalue weighted by atomic mass is 79.9. The highest BCUT2D eigenvalue weighted by Crippen LogP contribution is 2.31. The maximum atomic E-state index is 13.3. The second-order valence-electron chi connectivity index (χ2n) is 3.98. The van der Waals surface area contributed by atoms with Crippen LogP contribution in [0.5, 0.6) is 5.75 Å². The topological polar surface area (TPSA) is 48.4 Å². The number of hydrogen-bond acceptors (Lipinski definition) is 3. The predicted molar refractivity (Wildman–Crippen MR) is 74.8 cm³/mol. The van der Waals surface area contributed by atoms with Crippen LogP contribution in [0.1, 0.15) is 17.1 Å². The third-order valence-corrected chi connectivity index (χ3v) is 3.55. The van der Waals surface area contributed by atoms with Crippen LogP contribution in [0.15, 0.2) is 27.1 Å². The molecule has 0 saturated heterocycles. The van der Waals surface area contributed by atoms with Crippen LogP contribution in [0.2, 0.25) is 5.02 Å². The number of benzene rings is 1. The van der Waals surface area contributed by atoms with Gasteiger partial charge in [-0.05, 0) is 35.0 Å². The number of hydrogen-bond donors (Lipinski definition) is 1. The Bertz CT molecular complexity index is 601. The Morgan fingerprint density at radius 1 is 1.42 bits per heavy atom. The minimum atomic E-state index is -0.530. The lowest BCUT2D eigenvalue weighted by Gasteiger charge is -2.07. The smallest absolute Gasteiger partial charge is 0.146 e. The maximum Gasteiger partial charge on any atom is 0.146 e. The van der Waals surface area contributed by atoms with E-state index in [9.17, 15) is 4.39 Å². The van der Waals surface area contributed by atoms with Gasteiger partial charge in [0.2, 0.25) is 0 Å². The van der Waals surface area contributed by atoms with Crippen molar-refractivity contribution in [3.8, 4) is 5.75 Å². The molecule has 0 radical (unpaired) electrons. The molecule has 0 amide bonds. The van der Waals surface area contributed by atoms with Crippen molar-refractivity contribution in [2.75, 3.05) is 0 Å². The molecule has 0 aliphatic carbocycles. The van der Waals surface area contributed by atoms with Crippen LogP contribution in [-0.4, -0.2) is 0 Å². The monoisotopic (exact) mass is 347 g/mol. The molecule has 0 bridgehead atoms. The zero-order valence-corrected chi connectivity index (χ0v) is 12.5. The SMILES string of the molecule is Cc1oc(COc2cc(F)c(Cl)cc2Br)cc1CN. The first kappa shape index (κ1) is 14.4. The van der Waals surface area contributed by atoms with Crippen molar-refractivity contribution in [1.29, 1.82) is 0 Å². The van der Waals surface area contributed by atoms with E-state index in [2.05, 4.69) is 15.9 Å². The zero-order valence-electron chi connectivity index (χ0n) is 10.2. The number of rotatable bonds is 4. The standard InChI is InChI=1S/C13H12BrClFNO2/c1-7-8(5-17)2-9(19-7)6-18-13-4-12(16)11(15)3-10(13)14/h2-4H,5-6,17H2,1H3. The molecule has 0 aliphatic rings. The van der Waals surface area contributed by atoms with Gasteiger partial charge in [-0.2, -0.15) is 0 Å². The summed E-state index contributed by atoms with van der Waals surface area (Å²) in [5.41, 5.74) is 6.49. The van der Waals surface area contributed by atoms with Crippen molar-refractivity contribution in [2.24, 2.45) is 5.73 Å². The Hall–Kier alpha value is -1.04. The second kappa shape index (κ2) is 5.94. The number of nitrogens with two attached hydrogens (primary N) is 1. The van der Waals surface area contributed by atoms with E-state index in [-0.39, 0.29) is 11.6 Å². The van der Waals surface area contributed by atoms with Crippen molar-refractivity contribution in [1.82, 2.24) is 0 Å². The van der Waals surface area contributed by atoms with Crippen molar-refractivity contribution in [2.45, 2.75) is 20.1 Å². The molecule has 0 unspecified atom stereocenters. The van der Waals surface area contributed by atoms with E-state index in [4.69, 9.17) is 26.5 Å². The number of halogens is 3. The Kier molecular flexibility index (Phi) is 4.50. The highest BCUT2D eigenvalue weighted by molar-refractivity contribution is 9.10. The van der Waals surface area contributed by atoms with E-state index in [0.717, 1.165) is 11.3 Å². The highest BCUT2D eigenvalue weighted by Gasteiger charge is 2.10. The third-order valence-electron chi connectivity index (χ3n) is 2.64. The molecule has 1 heterocycles. The van der Waals surface area contributed by atoms with E-state index in [0.29, 0.717) is 22.5 Å². The molecule has 0 aliphatic heterocycles. The predicted octanol–water partition coefficient (Wildman–Crippen LogP) is 4.18. The van der Waals surface area contributed by atoms with Gasteiger partial charge in [0.1, 0.15) is 29.7 Å². The molecule has 0 saturated carbocycles. The summed E-state index contributed by atoms with van der Waals surface area (Å²) in [7, 11) is 0. The van der Waals surface area contributed by atoms with Crippen molar-refractivity contribution < 1.29 is 13.5 Å². The lowest BCUT2D eigenvalue weighted by atomic mass is 10.2. The lowest BCUT2D eigenvalue weighted by molar-refractivity contribution is 0.265. The van der Waals surface area contributed by atoms with Gasteiger partial charge in [0.05, 0.1) is 9.50 Å². The van der Waals surface area contributed by atoms with Crippen LogP contribution < -0.4 is 10.5 Å². The molecule has 2 aromatic rings. The van der Waals surface area contributed by atoms with Gasteiger partial charge in [-0.15, -0.1) is 0 Å². The molecule has 6 heteroatoms. The average Bonchev–Trinajstić information content (AvgIpc) is 2.73. The molecule has 0 spiro atoms. The lowest BCUT2D eigenvalue weighted by Crippen LogP contribution is -1.96. The Morgan fingerprint density at radius 2 is 2.16 bits per heavy atom. The van der Waals surface area contributed by atoms with Gasteiger partial charge in [0, 0.05) is 18.2 Å². The Morgan fingerprint density at radius 3 is 2.79 bits per heavy atom. The van der Waals surface area contributed by atoms with Gasteiger partial charge in [-0.25, -0.2) is 4.39 Å². The van der Waals surface area contributed by atoms with Crippen LogP contribution in [0.4, 0.5) is 4.39 Å². The number of ether oxygens (including phenoxy) is 1. The summed E-state index contributed by atoms with van der Waals surface area (Å²) >= 11 is 8.91. The second-order valence-corrected chi connectivity index (χ2v) is 5.25. The van der Waals surface area contributed by atoms with E-state index in [1.807, 2.05) is 13.0 Å². The summed E-state index contributed by atoms with van der Waals surface area (Å²) < 4.78 is 24.9. The Balaban J connectivity index is 2.12. The molecular weight excluding hydrogens is 337 g/mol. The van der Waals surface area contributed by atoms with Gasteiger partial charge in [0.15, 0.2) is 0 Å². The molecule has 2 N–H and O–H groups in total. The molecule has 0 atom stereocenters. The van der Waals surface area contributed by atoms with E-state index in [1.165, 1.54) is 12.1 Å². The van der Waals surface area contributed by atoms with Gasteiger partial charge in [-0.3, -0.25) is 0 Å². The summed E-state index contributed by atoms with van der Waals surface area (Å²) in [5, 5.41) is 0.0403. The Labute approximate surface area is 123 Å². The van der Waals surface area contributed by atoms with Gasteiger partial charge >= 0.3 is 0 Å². The molecule has 19 heavy (non-hydrogen) atoms. The first-order valence-corrected chi connectivity index (χ1v) is 6.74. The summed E-state index contributed by atoms with van der Waals surface area (Å²) in [6, 6.07) is 4.51. The molecule has 1 aromatic heterocycles. The number of furan rings is 1. The minimum absolute atomic E-state index is 0.0403. The van der Waals surface area contributed by atoms with Crippen molar-refractivity contribution in [3.05, 3.63) is 50.6 Å². The molecular formula is C13H12BrClFNO2. The van der Waals surface area contributed by atoms with Gasteiger partial charge in [0.25, 0.3) is 0 Å². The van der Waals surface area contributed by atoms with Crippen LogP contribution in [0.25, 0.3) is 0 Å².